The first kappa shape index (κ1) is 8.05. The molecule has 0 aliphatic heterocycles. The molecular formula is C9H14N2. The third-order valence-electron chi connectivity index (χ3n) is 1.46. The number of hydrogen-bond donors (Lipinski definition) is 1. The fourth-order valence-electron chi connectivity index (χ4n) is 1.00. The summed E-state index contributed by atoms with van der Waals surface area (Å²) in [4.78, 5) is 7.33. The van der Waals surface area contributed by atoms with Crippen LogP contribution in [0.1, 0.15) is 25.4 Å². The lowest BCUT2D eigenvalue weighted by molar-refractivity contribution is 0.637. The van der Waals surface area contributed by atoms with Crippen LogP contribution in [-0.2, 0) is 6.42 Å². The Balaban J connectivity index is 2.65. The zero-order chi connectivity index (χ0) is 8.27. The molecule has 0 saturated carbocycles. The van der Waals surface area contributed by atoms with E-state index in [2.05, 4.69) is 30.4 Å². The first-order chi connectivity index (χ1) is 5.22. The van der Waals surface area contributed by atoms with Crippen LogP contribution in [-0.4, -0.2) is 9.97 Å². The van der Waals surface area contributed by atoms with E-state index in [0.29, 0.717) is 5.92 Å². The summed E-state index contributed by atoms with van der Waals surface area (Å²) in [5.41, 5.74) is 1.12. The first-order valence-electron chi connectivity index (χ1n) is 3.89. The molecule has 2 nitrogen and oxygen atoms in total. The molecule has 1 rings (SSSR count). The predicted octanol–water partition coefficient (Wildman–Crippen LogP) is 2.25. The molecule has 0 radical (unpaired) electrons. The van der Waals surface area contributed by atoms with Crippen LogP contribution in [0.25, 0.3) is 6.08 Å². The average molecular weight is 150 g/mol. The van der Waals surface area contributed by atoms with Gasteiger partial charge in [-0.3, -0.25) is 0 Å². The first-order valence-corrected chi connectivity index (χ1v) is 3.89. The predicted molar refractivity (Wildman–Crippen MR) is 47.2 cm³/mol. The largest absolute Gasteiger partial charge is 0.345 e. The molecule has 60 valence electrons. The van der Waals surface area contributed by atoms with E-state index in [1.165, 1.54) is 0 Å². The lowest BCUT2D eigenvalue weighted by Crippen LogP contribution is -1.93. The number of imidazole rings is 1. The highest BCUT2D eigenvalue weighted by Gasteiger charge is 2.00. The monoisotopic (exact) mass is 150 g/mol. The van der Waals surface area contributed by atoms with Crippen molar-refractivity contribution >= 4 is 6.08 Å². The molecule has 1 aromatic heterocycles. The van der Waals surface area contributed by atoms with Gasteiger partial charge in [-0.1, -0.05) is 20.4 Å². The van der Waals surface area contributed by atoms with Crippen LogP contribution in [0.15, 0.2) is 12.8 Å². The summed E-state index contributed by atoms with van der Waals surface area (Å²) in [7, 11) is 0. The highest BCUT2D eigenvalue weighted by atomic mass is 14.9. The number of aromatic nitrogens is 2. The number of aromatic amines is 1. The van der Waals surface area contributed by atoms with Gasteiger partial charge in [0.25, 0.3) is 0 Å². The molecule has 1 N–H and O–H groups in total. The van der Waals surface area contributed by atoms with Gasteiger partial charge < -0.3 is 4.98 Å². The molecule has 0 unspecified atom stereocenters. The van der Waals surface area contributed by atoms with Gasteiger partial charge in [0.05, 0.1) is 5.69 Å². The van der Waals surface area contributed by atoms with Crippen molar-refractivity contribution in [2.45, 2.75) is 20.3 Å². The fraction of sp³-hybridized carbons (Fsp3) is 0.444. The van der Waals surface area contributed by atoms with Gasteiger partial charge in [0.2, 0.25) is 0 Å². The highest BCUT2D eigenvalue weighted by molar-refractivity contribution is 5.36. The Kier molecular flexibility index (Phi) is 2.47. The zero-order valence-corrected chi connectivity index (χ0v) is 7.09. The zero-order valence-electron chi connectivity index (χ0n) is 7.09. The molecule has 0 aliphatic rings. The maximum Gasteiger partial charge on any atom is 0.129 e. The lowest BCUT2D eigenvalue weighted by Gasteiger charge is -1.97. The third kappa shape index (κ3) is 2.22. The van der Waals surface area contributed by atoms with Crippen molar-refractivity contribution in [3.8, 4) is 0 Å². The number of H-pyrrole nitrogens is 1. The summed E-state index contributed by atoms with van der Waals surface area (Å²) >= 11 is 0. The van der Waals surface area contributed by atoms with Crippen molar-refractivity contribution in [3.63, 3.8) is 0 Å². The third-order valence-corrected chi connectivity index (χ3v) is 1.46. The molecule has 2 heteroatoms. The summed E-state index contributed by atoms with van der Waals surface area (Å²) < 4.78 is 0. The number of rotatable bonds is 3. The van der Waals surface area contributed by atoms with Gasteiger partial charge in [0, 0.05) is 6.20 Å². The van der Waals surface area contributed by atoms with Gasteiger partial charge in [0.15, 0.2) is 0 Å². The van der Waals surface area contributed by atoms with Crippen LogP contribution in [0.2, 0.25) is 0 Å². The van der Waals surface area contributed by atoms with Crippen molar-refractivity contribution in [2.75, 3.05) is 0 Å². The molecule has 0 bridgehead atoms. The summed E-state index contributed by atoms with van der Waals surface area (Å²) in [6.45, 7) is 8.00. The molecule has 0 spiro atoms. The Labute approximate surface area is 67.4 Å². The Hall–Kier alpha value is -1.05. The quantitative estimate of drug-likeness (QED) is 0.703. The van der Waals surface area contributed by atoms with E-state index in [4.69, 9.17) is 0 Å². The van der Waals surface area contributed by atoms with E-state index in [1.54, 1.807) is 6.08 Å². The van der Waals surface area contributed by atoms with E-state index in [0.717, 1.165) is 17.9 Å². The second-order valence-electron chi connectivity index (χ2n) is 3.08. The molecule has 0 aliphatic carbocycles. The minimum atomic E-state index is 0.663. The number of hydrogen-bond acceptors (Lipinski definition) is 1. The molecule has 1 heterocycles. The van der Waals surface area contributed by atoms with Gasteiger partial charge in [0.1, 0.15) is 5.82 Å². The minimum Gasteiger partial charge on any atom is -0.345 e. The Morgan fingerprint density at radius 1 is 1.73 bits per heavy atom. The summed E-state index contributed by atoms with van der Waals surface area (Å²) in [6, 6.07) is 0. The van der Waals surface area contributed by atoms with Crippen molar-refractivity contribution in [1.82, 2.24) is 9.97 Å². The molecule has 0 saturated heterocycles. The van der Waals surface area contributed by atoms with Crippen LogP contribution in [0, 0.1) is 5.92 Å². The van der Waals surface area contributed by atoms with Gasteiger partial charge in [-0.15, -0.1) is 0 Å². The van der Waals surface area contributed by atoms with Gasteiger partial charge in [-0.25, -0.2) is 4.98 Å². The molecule has 0 fully saturated rings. The van der Waals surface area contributed by atoms with E-state index in [1.807, 2.05) is 6.20 Å². The van der Waals surface area contributed by atoms with Crippen LogP contribution >= 0.6 is 0 Å². The van der Waals surface area contributed by atoms with Gasteiger partial charge in [-0.2, -0.15) is 0 Å². The number of nitrogens with one attached hydrogen (secondary N) is 1. The molecule has 1 aromatic rings. The van der Waals surface area contributed by atoms with Crippen LogP contribution in [0.4, 0.5) is 0 Å². The maximum absolute atomic E-state index is 4.30. The van der Waals surface area contributed by atoms with E-state index >= 15 is 0 Å². The normalized spacial score (nSPS) is 10.5. The van der Waals surface area contributed by atoms with Gasteiger partial charge >= 0.3 is 0 Å². The van der Waals surface area contributed by atoms with Crippen molar-refractivity contribution in [2.24, 2.45) is 5.92 Å². The lowest BCUT2D eigenvalue weighted by atomic mass is 10.1. The van der Waals surface area contributed by atoms with Gasteiger partial charge in [-0.05, 0) is 18.4 Å². The minimum absolute atomic E-state index is 0.663. The standard InChI is InChI=1S/C9H14N2/c1-4-9-10-6-8(11-9)5-7(2)3/h4,6-7H,1,5H2,2-3H3,(H,10,11). The SMILES string of the molecule is C=Cc1nc(CC(C)C)c[nH]1. The smallest absolute Gasteiger partial charge is 0.129 e. The second-order valence-corrected chi connectivity index (χ2v) is 3.08. The van der Waals surface area contributed by atoms with Crippen LogP contribution < -0.4 is 0 Å². The van der Waals surface area contributed by atoms with Crippen LogP contribution in [0.5, 0.6) is 0 Å². The van der Waals surface area contributed by atoms with Crippen molar-refractivity contribution < 1.29 is 0 Å². The maximum atomic E-state index is 4.30. The summed E-state index contributed by atoms with van der Waals surface area (Å²) in [6.07, 6.45) is 4.70. The molecule has 0 aromatic carbocycles. The summed E-state index contributed by atoms with van der Waals surface area (Å²) in [5.74, 6) is 1.52. The fourth-order valence-corrected chi connectivity index (χ4v) is 1.00. The Bertz CT molecular complexity index is 235. The molecular weight excluding hydrogens is 136 g/mol. The molecule has 0 amide bonds. The molecule has 0 atom stereocenters. The second kappa shape index (κ2) is 3.37. The topological polar surface area (TPSA) is 28.7 Å². The van der Waals surface area contributed by atoms with E-state index in [-0.39, 0.29) is 0 Å². The molecule has 11 heavy (non-hydrogen) atoms. The Morgan fingerprint density at radius 3 is 2.91 bits per heavy atom. The average Bonchev–Trinajstić information content (AvgIpc) is 2.34. The van der Waals surface area contributed by atoms with Crippen LogP contribution in [0.3, 0.4) is 0 Å². The van der Waals surface area contributed by atoms with E-state index < -0.39 is 0 Å². The number of nitrogens with zero attached hydrogens (tertiary/aromatic N) is 1. The highest BCUT2D eigenvalue weighted by Crippen LogP contribution is 2.05. The summed E-state index contributed by atoms with van der Waals surface area (Å²) in [5, 5.41) is 0. The van der Waals surface area contributed by atoms with Crippen molar-refractivity contribution in [3.05, 3.63) is 24.3 Å². The Morgan fingerprint density at radius 2 is 2.45 bits per heavy atom. The van der Waals surface area contributed by atoms with Crippen molar-refractivity contribution in [1.29, 1.82) is 0 Å². The van der Waals surface area contributed by atoms with E-state index in [9.17, 15) is 0 Å².